The first kappa shape index (κ1) is 13.6. The maximum Gasteiger partial charge on any atom is 0.252 e. The van der Waals surface area contributed by atoms with E-state index in [2.05, 4.69) is 17.1 Å². The minimum absolute atomic E-state index is 0.00880. The lowest BCUT2D eigenvalue weighted by Crippen LogP contribution is -2.38. The van der Waals surface area contributed by atoms with Gasteiger partial charge in [-0.05, 0) is 39.2 Å². The quantitative estimate of drug-likeness (QED) is 0.910. The van der Waals surface area contributed by atoms with Crippen molar-refractivity contribution in [2.75, 3.05) is 20.6 Å². The van der Waals surface area contributed by atoms with E-state index in [1.165, 1.54) is 0 Å². The molecule has 1 aromatic carbocycles. The highest BCUT2D eigenvalue weighted by atomic mass is 16.1. The molecule has 0 saturated heterocycles. The van der Waals surface area contributed by atoms with Crippen LogP contribution >= 0.6 is 0 Å². The van der Waals surface area contributed by atoms with Crippen LogP contribution in [0.1, 0.15) is 17.3 Å². The maximum absolute atomic E-state index is 12.3. The van der Waals surface area contributed by atoms with Gasteiger partial charge in [0.05, 0.1) is 0 Å². The summed E-state index contributed by atoms with van der Waals surface area (Å²) >= 11 is 0. The van der Waals surface area contributed by atoms with Crippen molar-refractivity contribution in [3.8, 4) is 0 Å². The van der Waals surface area contributed by atoms with Crippen LogP contribution in [0.5, 0.6) is 0 Å². The number of nitrogens with zero attached hydrogens (tertiary/aromatic N) is 2. The monoisotopic (exact) mass is 259 g/mol. The number of hydrogen-bond donors (Lipinski definition) is 1. The maximum atomic E-state index is 12.3. The van der Waals surface area contributed by atoms with E-state index in [9.17, 15) is 4.79 Å². The number of rotatable bonds is 4. The molecular formula is C15H21N3O. The van der Waals surface area contributed by atoms with Crippen molar-refractivity contribution in [1.82, 2.24) is 14.8 Å². The van der Waals surface area contributed by atoms with Gasteiger partial charge in [-0.2, -0.15) is 0 Å². The number of hydrogen-bond acceptors (Lipinski definition) is 2. The van der Waals surface area contributed by atoms with Crippen LogP contribution < -0.4 is 5.32 Å². The van der Waals surface area contributed by atoms with Crippen LogP contribution in [0.25, 0.3) is 10.9 Å². The Morgan fingerprint density at radius 3 is 2.79 bits per heavy atom. The number of likely N-dealkylation sites (N-methyl/N-ethyl adjacent to an activating group) is 1. The molecule has 102 valence electrons. The van der Waals surface area contributed by atoms with Crippen LogP contribution in [0.4, 0.5) is 0 Å². The van der Waals surface area contributed by atoms with Crippen LogP contribution in [0, 0.1) is 0 Å². The first-order chi connectivity index (χ1) is 9.00. The lowest BCUT2D eigenvalue weighted by atomic mass is 10.1. The van der Waals surface area contributed by atoms with Crippen molar-refractivity contribution in [2.45, 2.75) is 13.0 Å². The minimum atomic E-state index is -0.00880. The largest absolute Gasteiger partial charge is 0.351 e. The Hall–Kier alpha value is -1.81. The summed E-state index contributed by atoms with van der Waals surface area (Å²) in [5.74, 6) is -0.00880. The van der Waals surface area contributed by atoms with Crippen LogP contribution in [0.3, 0.4) is 0 Å². The normalized spacial score (nSPS) is 12.9. The van der Waals surface area contributed by atoms with Crippen LogP contribution in [-0.2, 0) is 7.05 Å². The Bertz CT molecular complexity index is 586. The number of nitrogens with one attached hydrogen (secondary N) is 1. The highest BCUT2D eigenvalue weighted by Gasteiger charge is 2.12. The van der Waals surface area contributed by atoms with Gasteiger partial charge in [0.25, 0.3) is 5.91 Å². The summed E-state index contributed by atoms with van der Waals surface area (Å²) < 4.78 is 2.02. The number of fused-ring (bicyclic) bond motifs is 1. The zero-order chi connectivity index (χ0) is 14.0. The summed E-state index contributed by atoms with van der Waals surface area (Å²) in [6.07, 6.45) is 1.98. The van der Waals surface area contributed by atoms with E-state index in [0.717, 1.165) is 16.5 Å². The van der Waals surface area contributed by atoms with Crippen molar-refractivity contribution in [3.05, 3.63) is 36.0 Å². The predicted octanol–water partition coefficient (Wildman–Crippen LogP) is 1.86. The molecule has 0 fully saturated rings. The standard InChI is InChI=1S/C15H21N3O/c1-11(17(2)3)10-16-15(19)13-6-5-7-14-12(13)8-9-18(14)4/h5-9,11H,10H2,1-4H3,(H,16,19). The average Bonchev–Trinajstić information content (AvgIpc) is 2.77. The van der Waals surface area contributed by atoms with Gasteiger partial charge in [0, 0.05) is 42.3 Å². The second kappa shape index (κ2) is 5.45. The molecule has 2 rings (SSSR count). The van der Waals surface area contributed by atoms with E-state index in [0.29, 0.717) is 12.6 Å². The van der Waals surface area contributed by atoms with Crippen molar-refractivity contribution in [3.63, 3.8) is 0 Å². The molecule has 0 bridgehead atoms. The van der Waals surface area contributed by atoms with Gasteiger partial charge in [-0.3, -0.25) is 4.79 Å². The molecule has 4 nitrogen and oxygen atoms in total. The lowest BCUT2D eigenvalue weighted by molar-refractivity contribution is 0.0945. The van der Waals surface area contributed by atoms with Gasteiger partial charge in [0.1, 0.15) is 0 Å². The zero-order valence-corrected chi connectivity index (χ0v) is 12.0. The number of carbonyl (C=O) groups is 1. The van der Waals surface area contributed by atoms with E-state index in [1.807, 2.05) is 56.2 Å². The molecule has 1 heterocycles. The molecule has 1 aromatic heterocycles. The molecule has 0 spiro atoms. The van der Waals surface area contributed by atoms with Crippen molar-refractivity contribution in [2.24, 2.45) is 7.05 Å². The summed E-state index contributed by atoms with van der Waals surface area (Å²) in [5, 5.41) is 3.99. The summed E-state index contributed by atoms with van der Waals surface area (Å²) in [6, 6.07) is 8.12. The first-order valence-corrected chi connectivity index (χ1v) is 6.49. The molecule has 1 N–H and O–H groups in total. The van der Waals surface area contributed by atoms with Gasteiger partial charge in [-0.1, -0.05) is 6.07 Å². The first-order valence-electron chi connectivity index (χ1n) is 6.49. The third-order valence-corrected chi connectivity index (χ3v) is 3.61. The van der Waals surface area contributed by atoms with Crippen molar-refractivity contribution >= 4 is 16.8 Å². The third-order valence-electron chi connectivity index (χ3n) is 3.61. The number of carbonyl (C=O) groups excluding carboxylic acids is 1. The minimum Gasteiger partial charge on any atom is -0.351 e. The Kier molecular flexibility index (Phi) is 3.90. The zero-order valence-electron chi connectivity index (χ0n) is 12.0. The average molecular weight is 259 g/mol. The molecule has 19 heavy (non-hydrogen) atoms. The Labute approximate surface area is 114 Å². The molecule has 0 aliphatic rings. The van der Waals surface area contributed by atoms with Gasteiger partial charge in [-0.25, -0.2) is 0 Å². The molecule has 0 aliphatic carbocycles. The van der Waals surface area contributed by atoms with Gasteiger partial charge in [-0.15, -0.1) is 0 Å². The smallest absolute Gasteiger partial charge is 0.252 e. The number of aryl methyl sites for hydroxylation is 1. The molecule has 0 aliphatic heterocycles. The fourth-order valence-electron chi connectivity index (χ4n) is 2.02. The van der Waals surface area contributed by atoms with Gasteiger partial charge >= 0.3 is 0 Å². The Morgan fingerprint density at radius 2 is 2.11 bits per heavy atom. The van der Waals surface area contributed by atoms with Crippen LogP contribution in [0.2, 0.25) is 0 Å². The van der Waals surface area contributed by atoms with Crippen LogP contribution in [0.15, 0.2) is 30.5 Å². The van der Waals surface area contributed by atoms with Crippen molar-refractivity contribution < 1.29 is 4.79 Å². The molecule has 0 radical (unpaired) electrons. The molecule has 0 saturated carbocycles. The molecule has 4 heteroatoms. The second-order valence-corrected chi connectivity index (χ2v) is 5.19. The number of aromatic nitrogens is 1. The van der Waals surface area contributed by atoms with Gasteiger partial charge in [0.15, 0.2) is 0 Å². The molecule has 1 atom stereocenters. The van der Waals surface area contributed by atoms with E-state index in [4.69, 9.17) is 0 Å². The van der Waals surface area contributed by atoms with E-state index in [1.54, 1.807) is 0 Å². The Balaban J connectivity index is 2.18. The summed E-state index contributed by atoms with van der Waals surface area (Å²) in [6.45, 7) is 2.73. The van der Waals surface area contributed by atoms with Gasteiger partial charge in [0.2, 0.25) is 0 Å². The highest BCUT2D eigenvalue weighted by Crippen LogP contribution is 2.19. The second-order valence-electron chi connectivity index (χ2n) is 5.19. The lowest BCUT2D eigenvalue weighted by Gasteiger charge is -2.20. The summed E-state index contributed by atoms with van der Waals surface area (Å²) in [5.41, 5.74) is 1.82. The van der Waals surface area contributed by atoms with Crippen LogP contribution in [-0.4, -0.2) is 42.1 Å². The third kappa shape index (κ3) is 2.79. The molecule has 1 unspecified atom stereocenters. The number of benzene rings is 1. The van der Waals surface area contributed by atoms with E-state index >= 15 is 0 Å². The number of amides is 1. The van der Waals surface area contributed by atoms with E-state index in [-0.39, 0.29) is 5.91 Å². The fourth-order valence-corrected chi connectivity index (χ4v) is 2.02. The SMILES string of the molecule is CC(CNC(=O)c1cccc2c1ccn2C)N(C)C. The molecule has 2 aromatic rings. The summed E-state index contributed by atoms with van der Waals surface area (Å²) in [4.78, 5) is 14.3. The van der Waals surface area contributed by atoms with Gasteiger partial charge < -0.3 is 14.8 Å². The van der Waals surface area contributed by atoms with E-state index < -0.39 is 0 Å². The molecular weight excluding hydrogens is 238 g/mol. The predicted molar refractivity (Wildman–Crippen MR) is 78.4 cm³/mol. The topological polar surface area (TPSA) is 37.3 Å². The fraction of sp³-hybridized carbons (Fsp3) is 0.400. The molecule has 1 amide bonds. The highest BCUT2D eigenvalue weighted by molar-refractivity contribution is 6.06. The summed E-state index contributed by atoms with van der Waals surface area (Å²) in [7, 11) is 6.00. The Morgan fingerprint density at radius 1 is 1.37 bits per heavy atom. The van der Waals surface area contributed by atoms with Crippen molar-refractivity contribution in [1.29, 1.82) is 0 Å².